The Balaban J connectivity index is 2.43. The summed E-state index contributed by atoms with van der Waals surface area (Å²) in [5, 5.41) is 8.62. The molecule has 2 heteroatoms. The number of hydrogen-bond acceptors (Lipinski definition) is 1. The molecule has 1 rings (SSSR count). The maximum Gasteiger partial charge on any atom is 0.303 e. The van der Waals surface area contributed by atoms with Gasteiger partial charge < -0.3 is 5.11 Å². The van der Waals surface area contributed by atoms with Crippen LogP contribution >= 0.6 is 0 Å². The largest absolute Gasteiger partial charge is 0.481 e. The maximum absolute atomic E-state index is 10.5. The highest BCUT2D eigenvalue weighted by Crippen LogP contribution is 2.17. The number of rotatable bonds is 6. The zero-order valence-corrected chi connectivity index (χ0v) is 9.15. The van der Waals surface area contributed by atoms with Crippen molar-refractivity contribution >= 4 is 5.97 Å². The third-order valence-corrected chi connectivity index (χ3v) is 2.71. The van der Waals surface area contributed by atoms with Gasteiger partial charge in [0.1, 0.15) is 0 Å². The highest BCUT2D eigenvalue weighted by molar-refractivity contribution is 5.66. The summed E-state index contributed by atoms with van der Waals surface area (Å²) >= 11 is 0. The van der Waals surface area contributed by atoms with E-state index < -0.39 is 5.97 Å². The van der Waals surface area contributed by atoms with Gasteiger partial charge in [-0.1, -0.05) is 43.7 Å². The van der Waals surface area contributed by atoms with Crippen molar-refractivity contribution < 1.29 is 9.90 Å². The predicted octanol–water partition coefficient (Wildman–Crippen LogP) is 3.12. The average Bonchev–Trinajstić information content (AvgIpc) is 2.25. The van der Waals surface area contributed by atoms with Crippen LogP contribution in [0.15, 0.2) is 30.3 Å². The lowest BCUT2D eigenvalue weighted by atomic mass is 9.93. The highest BCUT2D eigenvalue weighted by Gasteiger charge is 2.09. The summed E-state index contributed by atoms with van der Waals surface area (Å²) < 4.78 is 0. The van der Waals surface area contributed by atoms with Crippen LogP contribution in [0, 0.1) is 5.92 Å². The van der Waals surface area contributed by atoms with E-state index in [9.17, 15) is 4.79 Å². The monoisotopic (exact) mass is 206 g/mol. The maximum atomic E-state index is 10.5. The fourth-order valence-electron chi connectivity index (χ4n) is 1.73. The molecule has 0 saturated heterocycles. The summed E-state index contributed by atoms with van der Waals surface area (Å²) in [5.74, 6) is -0.204. The molecule has 0 bridgehead atoms. The van der Waals surface area contributed by atoms with Crippen molar-refractivity contribution in [1.82, 2.24) is 0 Å². The van der Waals surface area contributed by atoms with Crippen LogP contribution in [0.2, 0.25) is 0 Å². The molecule has 0 spiro atoms. The normalized spacial score (nSPS) is 12.3. The van der Waals surface area contributed by atoms with Crippen molar-refractivity contribution in [2.24, 2.45) is 5.92 Å². The Bertz CT molecular complexity index is 293. The predicted molar refractivity (Wildman–Crippen MR) is 60.8 cm³/mol. The van der Waals surface area contributed by atoms with E-state index in [1.165, 1.54) is 5.56 Å². The zero-order chi connectivity index (χ0) is 11.1. The number of carbonyl (C=O) groups is 1. The van der Waals surface area contributed by atoms with Gasteiger partial charge in [-0.25, -0.2) is 0 Å². The van der Waals surface area contributed by atoms with E-state index >= 15 is 0 Å². The summed E-state index contributed by atoms with van der Waals surface area (Å²) in [5.41, 5.74) is 1.30. The Labute approximate surface area is 90.9 Å². The summed E-state index contributed by atoms with van der Waals surface area (Å²) in [4.78, 5) is 10.5. The van der Waals surface area contributed by atoms with Crippen LogP contribution in [0.1, 0.15) is 31.7 Å². The fraction of sp³-hybridized carbons (Fsp3) is 0.462. The quantitative estimate of drug-likeness (QED) is 0.776. The second-order valence-corrected chi connectivity index (χ2v) is 3.90. The Morgan fingerprint density at radius 3 is 2.53 bits per heavy atom. The second kappa shape index (κ2) is 6.23. The van der Waals surface area contributed by atoms with Gasteiger partial charge in [0.05, 0.1) is 0 Å². The van der Waals surface area contributed by atoms with Crippen LogP contribution in [0.3, 0.4) is 0 Å². The van der Waals surface area contributed by atoms with E-state index in [4.69, 9.17) is 5.11 Å². The lowest BCUT2D eigenvalue weighted by Gasteiger charge is -2.13. The summed E-state index contributed by atoms with van der Waals surface area (Å²) in [6.07, 6.45) is 3.10. The molecule has 0 radical (unpaired) electrons. The molecule has 0 aliphatic heterocycles. The topological polar surface area (TPSA) is 37.3 Å². The number of carboxylic acid groups (broad SMARTS) is 1. The van der Waals surface area contributed by atoms with E-state index in [1.54, 1.807) is 0 Å². The van der Waals surface area contributed by atoms with Crippen molar-refractivity contribution in [2.75, 3.05) is 0 Å². The molecule has 0 aromatic heterocycles. The molecule has 0 aliphatic rings. The molecule has 82 valence electrons. The lowest BCUT2D eigenvalue weighted by Crippen LogP contribution is -2.06. The Kier molecular flexibility index (Phi) is 4.88. The van der Waals surface area contributed by atoms with Crippen LogP contribution in [-0.4, -0.2) is 11.1 Å². The first-order valence-electron chi connectivity index (χ1n) is 5.48. The van der Waals surface area contributed by atoms with Crippen molar-refractivity contribution in [3.63, 3.8) is 0 Å². The van der Waals surface area contributed by atoms with E-state index in [0.717, 1.165) is 19.3 Å². The molecule has 0 heterocycles. The minimum Gasteiger partial charge on any atom is -0.481 e. The van der Waals surface area contributed by atoms with Crippen LogP contribution in [0.5, 0.6) is 0 Å². The van der Waals surface area contributed by atoms with Gasteiger partial charge >= 0.3 is 5.97 Å². The zero-order valence-electron chi connectivity index (χ0n) is 9.15. The molecular weight excluding hydrogens is 188 g/mol. The Morgan fingerprint density at radius 2 is 2.00 bits per heavy atom. The van der Waals surface area contributed by atoms with E-state index in [2.05, 4.69) is 19.1 Å². The minimum absolute atomic E-state index is 0.283. The number of hydrogen-bond donors (Lipinski definition) is 1. The molecule has 1 N–H and O–H groups in total. The van der Waals surface area contributed by atoms with Gasteiger partial charge in [0, 0.05) is 6.42 Å². The fourth-order valence-corrected chi connectivity index (χ4v) is 1.73. The third kappa shape index (κ3) is 4.63. The first kappa shape index (κ1) is 11.8. The van der Waals surface area contributed by atoms with Crippen molar-refractivity contribution in [1.29, 1.82) is 0 Å². The molecular formula is C13H18O2. The van der Waals surface area contributed by atoms with Gasteiger partial charge in [0.15, 0.2) is 0 Å². The van der Waals surface area contributed by atoms with Crippen LogP contribution < -0.4 is 0 Å². The molecule has 1 unspecified atom stereocenters. The van der Waals surface area contributed by atoms with Gasteiger partial charge in [-0.3, -0.25) is 4.79 Å². The van der Waals surface area contributed by atoms with Gasteiger partial charge in [0.25, 0.3) is 0 Å². The van der Waals surface area contributed by atoms with Crippen molar-refractivity contribution in [3.05, 3.63) is 35.9 Å². The molecule has 0 saturated carbocycles. The van der Waals surface area contributed by atoms with Gasteiger partial charge in [0.2, 0.25) is 0 Å². The standard InChI is InChI=1S/C13H18O2/c1-2-11(8-9-13(14)15)10-12-6-4-3-5-7-12/h3-7,11H,2,8-10H2,1H3,(H,14,15). The average molecular weight is 206 g/mol. The molecule has 0 fully saturated rings. The van der Waals surface area contributed by atoms with Gasteiger partial charge in [-0.05, 0) is 24.3 Å². The molecule has 1 aromatic carbocycles. The molecule has 1 atom stereocenters. The van der Waals surface area contributed by atoms with Crippen LogP contribution in [0.4, 0.5) is 0 Å². The molecule has 0 amide bonds. The smallest absolute Gasteiger partial charge is 0.303 e. The van der Waals surface area contributed by atoms with Crippen LogP contribution in [0.25, 0.3) is 0 Å². The second-order valence-electron chi connectivity index (χ2n) is 3.90. The Morgan fingerprint density at radius 1 is 1.33 bits per heavy atom. The van der Waals surface area contributed by atoms with E-state index in [0.29, 0.717) is 5.92 Å². The first-order chi connectivity index (χ1) is 7.22. The first-order valence-corrected chi connectivity index (χ1v) is 5.48. The summed E-state index contributed by atoms with van der Waals surface area (Å²) in [6.45, 7) is 2.12. The summed E-state index contributed by atoms with van der Waals surface area (Å²) in [6, 6.07) is 10.3. The van der Waals surface area contributed by atoms with Gasteiger partial charge in [-0.15, -0.1) is 0 Å². The summed E-state index contributed by atoms with van der Waals surface area (Å²) in [7, 11) is 0. The SMILES string of the molecule is CCC(CCC(=O)O)Cc1ccccc1. The highest BCUT2D eigenvalue weighted by atomic mass is 16.4. The van der Waals surface area contributed by atoms with Gasteiger partial charge in [-0.2, -0.15) is 0 Å². The van der Waals surface area contributed by atoms with E-state index in [1.807, 2.05) is 18.2 Å². The van der Waals surface area contributed by atoms with Crippen molar-refractivity contribution in [3.8, 4) is 0 Å². The Hall–Kier alpha value is -1.31. The molecule has 0 aliphatic carbocycles. The number of carboxylic acids is 1. The third-order valence-electron chi connectivity index (χ3n) is 2.71. The molecule has 15 heavy (non-hydrogen) atoms. The van der Waals surface area contributed by atoms with E-state index in [-0.39, 0.29) is 6.42 Å². The number of aliphatic carboxylic acids is 1. The number of benzene rings is 1. The van der Waals surface area contributed by atoms with Crippen LogP contribution in [-0.2, 0) is 11.2 Å². The minimum atomic E-state index is -0.693. The molecule has 2 nitrogen and oxygen atoms in total. The molecule has 1 aromatic rings. The van der Waals surface area contributed by atoms with Crippen molar-refractivity contribution in [2.45, 2.75) is 32.6 Å². The lowest BCUT2D eigenvalue weighted by molar-refractivity contribution is -0.137.